The largest absolute Gasteiger partial charge is 0.349 e. The van der Waals surface area contributed by atoms with Crippen molar-refractivity contribution < 1.29 is 4.79 Å². The van der Waals surface area contributed by atoms with Gasteiger partial charge in [0.05, 0.1) is 24.5 Å². The molecule has 0 spiro atoms. The van der Waals surface area contributed by atoms with Crippen molar-refractivity contribution in [2.24, 2.45) is 7.05 Å². The first-order valence-electron chi connectivity index (χ1n) is 5.82. The number of hydrogen-bond donors (Lipinski definition) is 1. The van der Waals surface area contributed by atoms with Gasteiger partial charge in [-0.15, -0.1) is 0 Å². The number of carbonyl (C=O) groups is 1. The van der Waals surface area contributed by atoms with Crippen molar-refractivity contribution in [1.29, 1.82) is 0 Å². The lowest BCUT2D eigenvalue weighted by Gasteiger charge is -2.07. The molecule has 18 heavy (non-hydrogen) atoms. The second-order valence-electron chi connectivity index (χ2n) is 4.25. The van der Waals surface area contributed by atoms with Crippen LogP contribution in [-0.4, -0.2) is 31.6 Å². The lowest BCUT2D eigenvalue weighted by atomic mass is 10.4. The van der Waals surface area contributed by atoms with Crippen molar-refractivity contribution in [2.45, 2.75) is 20.4 Å². The molecule has 0 saturated carbocycles. The van der Waals surface area contributed by atoms with Gasteiger partial charge in [0.25, 0.3) is 5.91 Å². The molecule has 0 saturated heterocycles. The van der Waals surface area contributed by atoms with Crippen LogP contribution >= 0.6 is 0 Å². The average molecular weight is 247 g/mol. The summed E-state index contributed by atoms with van der Waals surface area (Å²) in [7, 11) is 1.80. The van der Waals surface area contributed by atoms with E-state index in [1.54, 1.807) is 30.5 Å². The summed E-state index contributed by atoms with van der Waals surface area (Å²) in [5.74, 6) is -0.107. The van der Waals surface area contributed by atoms with Crippen LogP contribution in [-0.2, 0) is 13.6 Å². The quantitative estimate of drug-likeness (QED) is 0.863. The Balaban J connectivity index is 1.88. The van der Waals surface area contributed by atoms with Crippen molar-refractivity contribution in [2.75, 3.05) is 6.54 Å². The van der Waals surface area contributed by atoms with E-state index < -0.39 is 0 Å². The van der Waals surface area contributed by atoms with E-state index in [0.717, 1.165) is 17.9 Å². The highest BCUT2D eigenvalue weighted by molar-refractivity contribution is 5.92. The third kappa shape index (κ3) is 2.42. The summed E-state index contributed by atoms with van der Waals surface area (Å²) in [6.45, 7) is 5.28. The Kier molecular flexibility index (Phi) is 3.45. The molecule has 0 atom stereocenters. The van der Waals surface area contributed by atoms with Gasteiger partial charge in [-0.3, -0.25) is 4.79 Å². The monoisotopic (exact) mass is 247 g/mol. The molecule has 0 aliphatic rings. The lowest BCUT2D eigenvalue weighted by molar-refractivity contribution is 0.0944. The number of rotatable bonds is 4. The number of carbonyl (C=O) groups excluding carboxylic acids is 1. The fraction of sp³-hybridized carbons (Fsp3) is 0.417. The molecule has 6 heteroatoms. The highest BCUT2D eigenvalue weighted by Crippen LogP contribution is 2.03. The van der Waals surface area contributed by atoms with E-state index in [0.29, 0.717) is 12.2 Å². The van der Waals surface area contributed by atoms with Gasteiger partial charge >= 0.3 is 0 Å². The molecular weight excluding hydrogens is 230 g/mol. The molecule has 2 heterocycles. The average Bonchev–Trinajstić information content (AvgIpc) is 2.89. The Morgan fingerprint density at radius 2 is 2.17 bits per heavy atom. The number of amides is 1. The summed E-state index contributed by atoms with van der Waals surface area (Å²) in [5, 5.41) is 2.86. The maximum absolute atomic E-state index is 11.8. The Morgan fingerprint density at radius 3 is 2.72 bits per heavy atom. The van der Waals surface area contributed by atoms with Gasteiger partial charge in [0.15, 0.2) is 0 Å². The Labute approximate surface area is 106 Å². The molecule has 6 nitrogen and oxygen atoms in total. The van der Waals surface area contributed by atoms with Crippen LogP contribution in [0, 0.1) is 13.8 Å². The summed E-state index contributed by atoms with van der Waals surface area (Å²) in [4.78, 5) is 19.9. The maximum atomic E-state index is 11.8. The number of nitrogens with zero attached hydrogens (tertiary/aromatic N) is 4. The molecule has 0 aliphatic heterocycles. The summed E-state index contributed by atoms with van der Waals surface area (Å²) < 4.78 is 3.72. The smallest absolute Gasteiger partial charge is 0.269 e. The maximum Gasteiger partial charge on any atom is 0.269 e. The van der Waals surface area contributed by atoms with E-state index in [4.69, 9.17) is 0 Å². The molecule has 2 rings (SSSR count). The van der Waals surface area contributed by atoms with Gasteiger partial charge in [0, 0.05) is 25.8 Å². The van der Waals surface area contributed by atoms with Crippen LogP contribution in [0.25, 0.3) is 0 Å². The zero-order valence-electron chi connectivity index (χ0n) is 10.8. The minimum atomic E-state index is -0.107. The Hall–Kier alpha value is -2.11. The molecule has 0 radical (unpaired) electrons. The van der Waals surface area contributed by atoms with Gasteiger partial charge in [-0.1, -0.05) is 0 Å². The molecule has 0 fully saturated rings. The lowest BCUT2D eigenvalue weighted by Crippen LogP contribution is -2.28. The van der Waals surface area contributed by atoms with Crippen molar-refractivity contribution in [3.63, 3.8) is 0 Å². The molecule has 0 unspecified atom stereocenters. The van der Waals surface area contributed by atoms with Gasteiger partial charge < -0.3 is 14.5 Å². The summed E-state index contributed by atoms with van der Waals surface area (Å²) in [5.41, 5.74) is 2.71. The molecule has 1 amide bonds. The van der Waals surface area contributed by atoms with Gasteiger partial charge in [-0.2, -0.15) is 0 Å². The minimum Gasteiger partial charge on any atom is -0.349 e. The second-order valence-corrected chi connectivity index (χ2v) is 4.25. The molecule has 2 aromatic rings. The number of imidazole rings is 2. The zero-order valence-corrected chi connectivity index (χ0v) is 10.8. The van der Waals surface area contributed by atoms with Crippen LogP contribution < -0.4 is 5.32 Å². The molecule has 2 aromatic heterocycles. The predicted molar refractivity (Wildman–Crippen MR) is 67.2 cm³/mol. The fourth-order valence-electron chi connectivity index (χ4n) is 1.73. The van der Waals surface area contributed by atoms with Gasteiger partial charge in [-0.05, 0) is 13.8 Å². The number of aromatic nitrogens is 4. The molecule has 0 aliphatic carbocycles. The molecule has 0 aromatic carbocycles. The van der Waals surface area contributed by atoms with Crippen molar-refractivity contribution in [3.05, 3.63) is 35.9 Å². The van der Waals surface area contributed by atoms with Crippen molar-refractivity contribution in [1.82, 2.24) is 24.4 Å². The standard InChI is InChI=1S/C12H17N5O/c1-9-10(2)17(8-15-9)5-4-14-12(18)11-6-13-7-16(11)3/h6-8H,4-5H2,1-3H3,(H,14,18). The van der Waals surface area contributed by atoms with Crippen LogP contribution in [0.1, 0.15) is 21.9 Å². The normalized spacial score (nSPS) is 10.6. The van der Waals surface area contributed by atoms with E-state index in [-0.39, 0.29) is 5.91 Å². The van der Waals surface area contributed by atoms with E-state index in [9.17, 15) is 4.79 Å². The summed E-state index contributed by atoms with van der Waals surface area (Å²) >= 11 is 0. The second kappa shape index (κ2) is 5.03. The fourth-order valence-corrected chi connectivity index (χ4v) is 1.73. The summed E-state index contributed by atoms with van der Waals surface area (Å²) in [6.07, 6.45) is 4.96. The van der Waals surface area contributed by atoms with Gasteiger partial charge in [0.1, 0.15) is 5.69 Å². The SMILES string of the molecule is Cc1ncn(CCNC(=O)c2cncn2C)c1C. The highest BCUT2D eigenvalue weighted by atomic mass is 16.1. The first kappa shape index (κ1) is 12.3. The minimum absolute atomic E-state index is 0.107. The number of hydrogen-bond acceptors (Lipinski definition) is 3. The predicted octanol–water partition coefficient (Wildman–Crippen LogP) is 0.663. The van der Waals surface area contributed by atoms with E-state index >= 15 is 0 Å². The zero-order chi connectivity index (χ0) is 13.1. The first-order chi connectivity index (χ1) is 8.59. The molecular formula is C12H17N5O. The van der Waals surface area contributed by atoms with E-state index in [2.05, 4.69) is 15.3 Å². The third-order valence-corrected chi connectivity index (χ3v) is 3.03. The van der Waals surface area contributed by atoms with Gasteiger partial charge in [-0.25, -0.2) is 9.97 Å². The highest BCUT2D eigenvalue weighted by Gasteiger charge is 2.09. The Morgan fingerprint density at radius 1 is 1.39 bits per heavy atom. The van der Waals surface area contributed by atoms with Crippen molar-refractivity contribution >= 4 is 5.91 Å². The van der Waals surface area contributed by atoms with Crippen LogP contribution in [0.5, 0.6) is 0 Å². The van der Waals surface area contributed by atoms with Crippen LogP contribution in [0.2, 0.25) is 0 Å². The third-order valence-electron chi connectivity index (χ3n) is 3.03. The molecule has 0 bridgehead atoms. The van der Waals surface area contributed by atoms with Crippen LogP contribution in [0.3, 0.4) is 0 Å². The summed E-state index contributed by atoms with van der Waals surface area (Å²) in [6, 6.07) is 0. The first-order valence-corrected chi connectivity index (χ1v) is 5.82. The van der Waals surface area contributed by atoms with E-state index in [1.165, 1.54) is 0 Å². The van der Waals surface area contributed by atoms with Crippen LogP contribution in [0.4, 0.5) is 0 Å². The van der Waals surface area contributed by atoms with Crippen LogP contribution in [0.15, 0.2) is 18.9 Å². The number of nitrogens with one attached hydrogen (secondary N) is 1. The van der Waals surface area contributed by atoms with Gasteiger partial charge in [0.2, 0.25) is 0 Å². The Bertz CT molecular complexity index is 555. The van der Waals surface area contributed by atoms with Crippen molar-refractivity contribution in [3.8, 4) is 0 Å². The van der Waals surface area contributed by atoms with E-state index in [1.807, 2.05) is 18.4 Å². The molecule has 96 valence electrons. The topological polar surface area (TPSA) is 64.7 Å². The number of aryl methyl sites for hydroxylation is 2. The molecule has 1 N–H and O–H groups in total.